The first-order chi connectivity index (χ1) is 15.7. The van der Waals surface area contributed by atoms with Gasteiger partial charge in [0, 0.05) is 25.5 Å². The van der Waals surface area contributed by atoms with Crippen LogP contribution < -0.4 is 15.8 Å². The molecule has 140 valence electrons. The second-order valence-electron chi connectivity index (χ2n) is 5.48. The van der Waals surface area contributed by atoms with Crippen LogP contribution >= 0.6 is 0 Å². The van der Waals surface area contributed by atoms with Gasteiger partial charge in [-0.2, -0.15) is 0 Å². The molecule has 0 aromatic heterocycles. The largest absolute Gasteiger partial charge is 0.496 e. The van der Waals surface area contributed by atoms with Crippen molar-refractivity contribution in [3.63, 3.8) is 0 Å². The number of sulfone groups is 1. The van der Waals surface area contributed by atoms with Crippen LogP contribution in [0.1, 0.15) is 50.7 Å². The number of hydrogen-bond acceptors (Lipinski definition) is 6. The van der Waals surface area contributed by atoms with Gasteiger partial charge in [-0.1, -0.05) is 13.8 Å². The SMILES string of the molecule is [2H]C([2H])([2H])Oc1cc(N)c(S(=O)(=O)C([2H])([2H])C([2H])([2H])[2H])cc1C(=O)NC([2H])([2H])C1CCCN1CC. The van der Waals surface area contributed by atoms with E-state index in [4.69, 9.17) is 24.2 Å². The highest BCUT2D eigenvalue weighted by molar-refractivity contribution is 7.91. The molecule has 3 N–H and O–H groups in total. The number of ether oxygens (including phenoxy) is 1. The van der Waals surface area contributed by atoms with Gasteiger partial charge in [0.2, 0.25) is 0 Å². The third-order valence-corrected chi connectivity index (χ3v) is 5.21. The topological polar surface area (TPSA) is 102 Å². The van der Waals surface area contributed by atoms with Crippen molar-refractivity contribution in [1.29, 1.82) is 0 Å². The number of anilines is 1. The number of nitrogens with two attached hydrogens (primary N) is 1. The Morgan fingerprint density at radius 2 is 2.36 bits per heavy atom. The van der Waals surface area contributed by atoms with E-state index in [1.165, 1.54) is 0 Å². The Bertz CT molecular complexity index is 1070. The lowest BCUT2D eigenvalue weighted by Gasteiger charge is -2.23. The van der Waals surface area contributed by atoms with Crippen molar-refractivity contribution in [2.45, 2.75) is 37.6 Å². The summed E-state index contributed by atoms with van der Waals surface area (Å²) < 4.78 is 106. The number of nitrogens with one attached hydrogen (secondary N) is 1. The Hall–Kier alpha value is -1.80. The number of carbonyl (C=O) groups is 1. The molecule has 2 rings (SSSR count). The van der Waals surface area contributed by atoms with Gasteiger partial charge >= 0.3 is 0 Å². The van der Waals surface area contributed by atoms with Crippen LogP contribution in [0.2, 0.25) is 0 Å². The van der Waals surface area contributed by atoms with Crippen molar-refractivity contribution >= 4 is 21.4 Å². The zero-order valence-corrected chi connectivity index (χ0v) is 14.4. The lowest BCUT2D eigenvalue weighted by Crippen LogP contribution is -2.40. The number of likely N-dealkylation sites (tertiary alicyclic amines) is 1. The summed E-state index contributed by atoms with van der Waals surface area (Å²) in [5.41, 5.74) is 0.345. The number of nitrogen functional groups attached to an aromatic ring is 1. The minimum atomic E-state index is -5.35. The van der Waals surface area contributed by atoms with E-state index in [1.54, 1.807) is 4.90 Å². The maximum Gasteiger partial charge on any atom is 0.255 e. The highest BCUT2D eigenvalue weighted by Crippen LogP contribution is 2.29. The average molecular weight is 380 g/mol. The van der Waals surface area contributed by atoms with E-state index in [1.807, 2.05) is 6.92 Å². The van der Waals surface area contributed by atoms with Crippen molar-refractivity contribution in [3.05, 3.63) is 17.7 Å². The van der Waals surface area contributed by atoms with Crippen molar-refractivity contribution in [1.82, 2.24) is 10.2 Å². The first kappa shape index (κ1) is 9.78. The van der Waals surface area contributed by atoms with Crippen molar-refractivity contribution in [2.75, 3.05) is 38.1 Å². The number of likely N-dealkylation sites (N-methyl/N-ethyl adjacent to an activating group) is 1. The molecule has 0 bridgehead atoms. The Kier molecular flexibility index (Phi) is 3.15. The number of carbonyl (C=O) groups excluding carboxylic acids is 1. The Morgan fingerprint density at radius 3 is 3.04 bits per heavy atom. The van der Waals surface area contributed by atoms with Crippen LogP contribution in [0.5, 0.6) is 5.75 Å². The normalized spacial score (nSPS) is 26.4. The van der Waals surface area contributed by atoms with Gasteiger partial charge in [0.05, 0.1) is 35.7 Å². The number of benzene rings is 1. The van der Waals surface area contributed by atoms with Gasteiger partial charge in [0.1, 0.15) is 5.75 Å². The highest BCUT2D eigenvalue weighted by atomic mass is 32.2. The van der Waals surface area contributed by atoms with Gasteiger partial charge in [-0.25, -0.2) is 8.42 Å². The molecule has 1 heterocycles. The minimum Gasteiger partial charge on any atom is -0.496 e. The summed E-state index contributed by atoms with van der Waals surface area (Å²) in [7, 11) is -8.46. The lowest BCUT2D eigenvalue weighted by atomic mass is 10.1. The van der Waals surface area contributed by atoms with Crippen LogP contribution in [0.4, 0.5) is 5.69 Å². The summed E-state index contributed by atoms with van der Waals surface area (Å²) in [4.78, 5) is 13.8. The van der Waals surface area contributed by atoms with Gasteiger partial charge in [0.25, 0.3) is 5.91 Å². The molecule has 0 spiro atoms. The number of nitrogens with zero attached hydrogens (tertiary/aromatic N) is 1. The predicted molar refractivity (Wildman–Crippen MR) is 97.7 cm³/mol. The average Bonchev–Trinajstić information content (AvgIpc) is 3.15. The molecule has 7 nitrogen and oxygen atoms in total. The molecule has 1 aromatic rings. The maximum atomic E-state index is 13.1. The second kappa shape index (κ2) is 8.05. The van der Waals surface area contributed by atoms with Crippen LogP contribution in [0.3, 0.4) is 0 Å². The number of methoxy groups -OCH3 is 1. The smallest absolute Gasteiger partial charge is 0.255 e. The van der Waals surface area contributed by atoms with Crippen molar-refractivity contribution in [3.8, 4) is 5.75 Å². The fourth-order valence-electron chi connectivity index (χ4n) is 2.71. The Labute approximate surface area is 163 Å². The molecule has 1 aliphatic heterocycles. The van der Waals surface area contributed by atoms with E-state index >= 15 is 0 Å². The van der Waals surface area contributed by atoms with Crippen LogP contribution in [0, 0.1) is 0 Å². The van der Waals surface area contributed by atoms with Crippen LogP contribution in [-0.4, -0.2) is 57.6 Å². The van der Waals surface area contributed by atoms with E-state index in [0.29, 0.717) is 38.1 Å². The first-order valence-corrected chi connectivity index (χ1v) is 9.08. The molecule has 1 amide bonds. The van der Waals surface area contributed by atoms with Crippen LogP contribution in [0.25, 0.3) is 0 Å². The molecule has 1 unspecified atom stereocenters. The Morgan fingerprint density at radius 1 is 1.56 bits per heavy atom. The molecule has 1 fully saturated rings. The summed E-state index contributed by atoms with van der Waals surface area (Å²) in [5.74, 6) is -1.98. The summed E-state index contributed by atoms with van der Waals surface area (Å²) in [6, 6.07) is 0.422. The monoisotopic (exact) mass is 379 g/mol. The molecule has 1 saturated heterocycles. The lowest BCUT2D eigenvalue weighted by molar-refractivity contribution is 0.0938. The fraction of sp³-hybridized carbons (Fsp3) is 0.588. The standard InChI is InChI=1S/C17H27N3O4S/c1-4-20-8-6-7-12(20)11-19-17(21)13-9-16(25(22,23)5-2)14(18)10-15(13)24-3/h9-10,12H,4-8,11,18H2,1-3H3,(H,19,21)/i2D3,3D3,5D2,11D2. The fourth-order valence-corrected chi connectivity index (χ4v) is 3.46. The zero-order chi connectivity index (χ0) is 27.2. The Balaban J connectivity index is 2.63. The molecule has 1 aliphatic rings. The van der Waals surface area contributed by atoms with Crippen LogP contribution in [-0.2, 0) is 9.84 Å². The summed E-state index contributed by atoms with van der Waals surface area (Å²) in [6.45, 7) is -3.04. The molecular weight excluding hydrogens is 342 g/mol. The zero-order valence-electron chi connectivity index (χ0n) is 23.6. The van der Waals surface area contributed by atoms with Crippen molar-refractivity contribution < 1.29 is 31.7 Å². The third kappa shape index (κ3) is 4.24. The molecule has 0 aliphatic carbocycles. The minimum absolute atomic E-state index is 0.417. The van der Waals surface area contributed by atoms with Gasteiger partial charge in [-0.15, -0.1) is 0 Å². The first-order valence-electron chi connectivity index (χ1n) is 12.6. The van der Waals surface area contributed by atoms with E-state index in [-0.39, 0.29) is 0 Å². The molecule has 1 atom stereocenters. The molecule has 0 radical (unpaired) electrons. The number of rotatable bonds is 7. The molecule has 1 aromatic carbocycles. The number of amides is 1. The quantitative estimate of drug-likeness (QED) is 0.692. The highest BCUT2D eigenvalue weighted by Gasteiger charge is 2.25. The molecular formula is C17H27N3O4S. The number of hydrogen-bond donors (Lipinski definition) is 2. The van der Waals surface area contributed by atoms with E-state index in [0.717, 1.165) is 0 Å². The third-order valence-electron chi connectivity index (χ3n) is 4.01. The summed E-state index contributed by atoms with van der Waals surface area (Å²) >= 11 is 0. The molecule has 25 heavy (non-hydrogen) atoms. The second-order valence-corrected chi connectivity index (χ2v) is 7.13. The van der Waals surface area contributed by atoms with E-state index in [2.05, 4.69) is 5.32 Å². The predicted octanol–water partition coefficient (Wildman–Crippen LogP) is 1.29. The summed E-state index contributed by atoms with van der Waals surface area (Å²) in [6.07, 6.45) is 1.09. The van der Waals surface area contributed by atoms with Gasteiger partial charge in [0.15, 0.2) is 9.84 Å². The maximum absolute atomic E-state index is 13.1. The van der Waals surface area contributed by atoms with Gasteiger partial charge in [-0.3, -0.25) is 9.69 Å². The molecule has 0 saturated carbocycles. The summed E-state index contributed by atoms with van der Waals surface area (Å²) in [5, 5.41) is 2.12. The van der Waals surface area contributed by atoms with Crippen molar-refractivity contribution in [2.24, 2.45) is 0 Å². The van der Waals surface area contributed by atoms with Gasteiger partial charge in [-0.05, 0) is 32.0 Å². The van der Waals surface area contributed by atoms with E-state index < -0.39 is 69.8 Å². The van der Waals surface area contributed by atoms with Gasteiger partial charge < -0.3 is 15.8 Å². The van der Waals surface area contributed by atoms with E-state index in [9.17, 15) is 13.2 Å². The molecule has 8 heteroatoms. The van der Waals surface area contributed by atoms with Crippen LogP contribution in [0.15, 0.2) is 17.0 Å².